The van der Waals surface area contributed by atoms with E-state index in [1.807, 2.05) is 12.1 Å². The van der Waals surface area contributed by atoms with Crippen LogP contribution in [-0.2, 0) is 0 Å². The van der Waals surface area contributed by atoms with E-state index in [1.54, 1.807) is 0 Å². The first-order valence-electron chi connectivity index (χ1n) is 9.63. The number of furan rings is 1. The van der Waals surface area contributed by atoms with Gasteiger partial charge in [-0.15, -0.1) is 0 Å². The molecule has 0 aliphatic rings. The third-order valence-corrected chi connectivity index (χ3v) is 5.87. The van der Waals surface area contributed by atoms with E-state index < -0.39 is 0 Å². The third-order valence-electron chi connectivity index (χ3n) is 5.87. The number of fused-ring (bicyclic) bond motifs is 5. The van der Waals surface area contributed by atoms with E-state index in [4.69, 9.17) is 4.42 Å². The van der Waals surface area contributed by atoms with Gasteiger partial charge in [-0.05, 0) is 57.3 Å². The molecule has 132 valence electrons. The molecule has 0 spiro atoms. The van der Waals surface area contributed by atoms with E-state index in [2.05, 4.69) is 85.8 Å². The molecule has 0 saturated heterocycles. The van der Waals surface area contributed by atoms with Crippen LogP contribution < -0.4 is 0 Å². The van der Waals surface area contributed by atoms with Crippen molar-refractivity contribution in [2.24, 2.45) is 0 Å². The summed E-state index contributed by atoms with van der Waals surface area (Å²) in [4.78, 5) is 0. The predicted molar refractivity (Wildman–Crippen MR) is 119 cm³/mol. The van der Waals surface area contributed by atoms with Crippen LogP contribution in [0.25, 0.3) is 54.6 Å². The van der Waals surface area contributed by atoms with E-state index in [1.165, 1.54) is 49.0 Å². The molecule has 0 bridgehead atoms. The molecule has 1 heteroatoms. The Kier molecular flexibility index (Phi) is 3.15. The van der Waals surface area contributed by atoms with Crippen molar-refractivity contribution in [2.75, 3.05) is 0 Å². The number of rotatable bonds is 1. The zero-order chi connectivity index (χ0) is 18.7. The summed E-state index contributed by atoms with van der Waals surface area (Å²) in [5.74, 6) is 0. The lowest BCUT2D eigenvalue weighted by atomic mass is 9.87. The molecule has 6 rings (SSSR count). The van der Waals surface area contributed by atoms with Gasteiger partial charge in [0.25, 0.3) is 0 Å². The van der Waals surface area contributed by atoms with Crippen molar-refractivity contribution in [3.8, 4) is 11.1 Å². The minimum absolute atomic E-state index is 0.936. The van der Waals surface area contributed by atoms with Gasteiger partial charge >= 0.3 is 0 Å². The van der Waals surface area contributed by atoms with Gasteiger partial charge < -0.3 is 4.42 Å². The minimum Gasteiger partial charge on any atom is -0.456 e. The average molecular weight is 358 g/mol. The summed E-state index contributed by atoms with van der Waals surface area (Å²) in [6.45, 7) is 2.22. The Morgan fingerprint density at radius 1 is 0.500 bits per heavy atom. The molecule has 5 aromatic carbocycles. The number of benzene rings is 5. The lowest BCUT2D eigenvalue weighted by Gasteiger charge is -2.15. The van der Waals surface area contributed by atoms with Gasteiger partial charge in [0.05, 0.1) is 0 Å². The fourth-order valence-corrected chi connectivity index (χ4v) is 4.62. The van der Waals surface area contributed by atoms with Crippen molar-refractivity contribution < 1.29 is 4.42 Å². The van der Waals surface area contributed by atoms with Crippen LogP contribution in [0.2, 0.25) is 0 Å². The summed E-state index contributed by atoms with van der Waals surface area (Å²) in [5.41, 5.74) is 5.72. The van der Waals surface area contributed by atoms with Crippen molar-refractivity contribution >= 4 is 43.5 Å². The van der Waals surface area contributed by atoms with Gasteiger partial charge in [0, 0.05) is 10.8 Å². The summed E-state index contributed by atoms with van der Waals surface area (Å²) in [7, 11) is 0. The second-order valence-electron chi connectivity index (χ2n) is 7.37. The molecule has 0 radical (unpaired) electrons. The molecule has 28 heavy (non-hydrogen) atoms. The number of hydrogen-bond acceptors (Lipinski definition) is 1. The largest absolute Gasteiger partial charge is 0.456 e. The number of para-hydroxylation sites is 1. The summed E-state index contributed by atoms with van der Waals surface area (Å²) in [5, 5.41) is 7.55. The Morgan fingerprint density at radius 3 is 1.71 bits per heavy atom. The quantitative estimate of drug-likeness (QED) is 0.273. The Hall–Kier alpha value is -3.58. The SMILES string of the molecule is Cc1c2ccccc2c(-c2cccc3oc4ccccc4c23)c2ccccc12. The van der Waals surface area contributed by atoms with Gasteiger partial charge in [-0.2, -0.15) is 0 Å². The highest BCUT2D eigenvalue weighted by Gasteiger charge is 2.17. The highest BCUT2D eigenvalue weighted by atomic mass is 16.3. The predicted octanol–water partition coefficient (Wildman–Crippen LogP) is 7.87. The lowest BCUT2D eigenvalue weighted by Crippen LogP contribution is -1.89. The molecular formula is C27H18O. The second-order valence-corrected chi connectivity index (χ2v) is 7.37. The molecule has 0 unspecified atom stereocenters. The molecule has 0 atom stereocenters. The summed E-state index contributed by atoms with van der Waals surface area (Å²) in [6.07, 6.45) is 0. The van der Waals surface area contributed by atoms with Crippen molar-refractivity contribution in [3.05, 3.63) is 96.6 Å². The highest BCUT2D eigenvalue weighted by molar-refractivity contribution is 6.22. The standard InChI is InChI=1S/C27H18O/c1-17-18-9-2-4-11-20(18)26(21-12-5-3-10-19(17)21)23-14-8-16-25-27(23)22-13-6-7-15-24(22)28-25/h2-16H,1H3. The smallest absolute Gasteiger partial charge is 0.136 e. The van der Waals surface area contributed by atoms with Gasteiger partial charge in [-0.25, -0.2) is 0 Å². The number of aryl methyl sites for hydroxylation is 1. The first-order chi connectivity index (χ1) is 13.8. The van der Waals surface area contributed by atoms with Crippen molar-refractivity contribution in [3.63, 3.8) is 0 Å². The first kappa shape index (κ1) is 15.5. The van der Waals surface area contributed by atoms with Gasteiger partial charge in [-0.1, -0.05) is 78.9 Å². The second kappa shape index (κ2) is 5.71. The molecular weight excluding hydrogens is 340 g/mol. The van der Waals surface area contributed by atoms with Crippen molar-refractivity contribution in [1.29, 1.82) is 0 Å². The Bertz CT molecular complexity index is 1460. The average Bonchev–Trinajstić information content (AvgIpc) is 3.13. The molecule has 0 fully saturated rings. The van der Waals surface area contributed by atoms with Gasteiger partial charge in [0.2, 0.25) is 0 Å². The molecule has 0 saturated carbocycles. The van der Waals surface area contributed by atoms with Crippen LogP contribution >= 0.6 is 0 Å². The maximum Gasteiger partial charge on any atom is 0.136 e. The van der Waals surface area contributed by atoms with Crippen LogP contribution in [0.4, 0.5) is 0 Å². The molecule has 1 heterocycles. The fraction of sp³-hybridized carbons (Fsp3) is 0.0370. The van der Waals surface area contributed by atoms with E-state index in [9.17, 15) is 0 Å². The fourth-order valence-electron chi connectivity index (χ4n) is 4.62. The van der Waals surface area contributed by atoms with E-state index >= 15 is 0 Å². The van der Waals surface area contributed by atoms with E-state index in [0.717, 1.165) is 11.2 Å². The Labute approximate surface area is 162 Å². The van der Waals surface area contributed by atoms with E-state index in [0.29, 0.717) is 0 Å². The van der Waals surface area contributed by atoms with E-state index in [-0.39, 0.29) is 0 Å². The maximum atomic E-state index is 6.16. The normalized spacial score (nSPS) is 11.8. The van der Waals surface area contributed by atoms with Crippen LogP contribution in [0.3, 0.4) is 0 Å². The van der Waals surface area contributed by atoms with Crippen LogP contribution in [0.15, 0.2) is 95.4 Å². The molecule has 6 aromatic rings. The zero-order valence-corrected chi connectivity index (χ0v) is 15.6. The molecule has 1 nitrogen and oxygen atoms in total. The number of hydrogen-bond donors (Lipinski definition) is 0. The summed E-state index contributed by atoms with van der Waals surface area (Å²) in [6, 6.07) is 32.2. The maximum absolute atomic E-state index is 6.16. The summed E-state index contributed by atoms with van der Waals surface area (Å²) >= 11 is 0. The van der Waals surface area contributed by atoms with Crippen LogP contribution in [-0.4, -0.2) is 0 Å². The highest BCUT2D eigenvalue weighted by Crippen LogP contribution is 2.43. The molecule has 1 aromatic heterocycles. The Balaban J connectivity index is 1.90. The molecule has 0 amide bonds. The third kappa shape index (κ3) is 2.02. The minimum atomic E-state index is 0.936. The molecule has 0 N–H and O–H groups in total. The van der Waals surface area contributed by atoms with Gasteiger partial charge in [0.1, 0.15) is 11.2 Å². The van der Waals surface area contributed by atoms with Crippen LogP contribution in [0.1, 0.15) is 5.56 Å². The van der Waals surface area contributed by atoms with Crippen molar-refractivity contribution in [1.82, 2.24) is 0 Å². The molecule has 0 aliphatic heterocycles. The van der Waals surface area contributed by atoms with Crippen molar-refractivity contribution in [2.45, 2.75) is 6.92 Å². The van der Waals surface area contributed by atoms with Crippen LogP contribution in [0.5, 0.6) is 0 Å². The Morgan fingerprint density at radius 2 is 1.04 bits per heavy atom. The first-order valence-corrected chi connectivity index (χ1v) is 9.63. The molecule has 0 aliphatic carbocycles. The summed E-state index contributed by atoms with van der Waals surface area (Å²) < 4.78 is 6.16. The lowest BCUT2D eigenvalue weighted by molar-refractivity contribution is 0.669. The van der Waals surface area contributed by atoms with Gasteiger partial charge in [0.15, 0.2) is 0 Å². The zero-order valence-electron chi connectivity index (χ0n) is 15.6. The van der Waals surface area contributed by atoms with Gasteiger partial charge in [-0.3, -0.25) is 0 Å². The topological polar surface area (TPSA) is 13.1 Å². The monoisotopic (exact) mass is 358 g/mol. The van der Waals surface area contributed by atoms with Crippen LogP contribution in [0, 0.1) is 6.92 Å².